The molecule has 18 heavy (non-hydrogen) atoms. The summed E-state index contributed by atoms with van der Waals surface area (Å²) in [6, 6.07) is 4.90. The van der Waals surface area contributed by atoms with E-state index in [9.17, 15) is 10.1 Å². The zero-order chi connectivity index (χ0) is 13.4. The van der Waals surface area contributed by atoms with E-state index in [-0.39, 0.29) is 5.69 Å². The molecule has 0 bridgehead atoms. The number of aryl methyl sites for hydroxylation is 3. The summed E-state index contributed by atoms with van der Waals surface area (Å²) < 4.78 is 1.54. The summed E-state index contributed by atoms with van der Waals surface area (Å²) in [5.74, 6) is 0. The lowest BCUT2D eigenvalue weighted by atomic mass is 10.2. The SMILES string of the molecule is Cc1cc(C)n(-c2cc(Cl)c(C)cc2[N+](=O)[O-])n1. The van der Waals surface area contributed by atoms with Crippen molar-refractivity contribution in [2.75, 3.05) is 0 Å². The predicted octanol–water partition coefficient (Wildman–Crippen LogP) is 3.36. The maximum Gasteiger partial charge on any atom is 0.295 e. The minimum Gasteiger partial charge on any atom is -0.258 e. The van der Waals surface area contributed by atoms with Gasteiger partial charge in [-0.15, -0.1) is 0 Å². The second-order valence-electron chi connectivity index (χ2n) is 4.19. The second-order valence-corrected chi connectivity index (χ2v) is 4.59. The smallest absolute Gasteiger partial charge is 0.258 e. The molecule has 0 amide bonds. The Morgan fingerprint density at radius 1 is 1.28 bits per heavy atom. The quantitative estimate of drug-likeness (QED) is 0.618. The van der Waals surface area contributed by atoms with Gasteiger partial charge in [0.05, 0.1) is 10.6 Å². The minimum atomic E-state index is -0.422. The van der Waals surface area contributed by atoms with Crippen molar-refractivity contribution in [1.82, 2.24) is 9.78 Å². The summed E-state index contributed by atoms with van der Waals surface area (Å²) in [6.07, 6.45) is 0. The Morgan fingerprint density at radius 3 is 2.44 bits per heavy atom. The molecule has 5 nitrogen and oxygen atoms in total. The van der Waals surface area contributed by atoms with Gasteiger partial charge in [-0.1, -0.05) is 11.6 Å². The van der Waals surface area contributed by atoms with E-state index in [2.05, 4.69) is 5.10 Å². The van der Waals surface area contributed by atoms with Crippen LogP contribution < -0.4 is 0 Å². The van der Waals surface area contributed by atoms with E-state index in [1.807, 2.05) is 19.9 Å². The van der Waals surface area contributed by atoms with Crippen LogP contribution in [0.3, 0.4) is 0 Å². The molecule has 1 aromatic carbocycles. The third kappa shape index (κ3) is 2.09. The van der Waals surface area contributed by atoms with Crippen LogP contribution in [-0.4, -0.2) is 14.7 Å². The van der Waals surface area contributed by atoms with Crippen molar-refractivity contribution < 1.29 is 4.92 Å². The highest BCUT2D eigenvalue weighted by molar-refractivity contribution is 6.31. The zero-order valence-electron chi connectivity index (χ0n) is 10.3. The second kappa shape index (κ2) is 4.42. The van der Waals surface area contributed by atoms with Crippen LogP contribution in [0.25, 0.3) is 5.69 Å². The van der Waals surface area contributed by atoms with Gasteiger partial charge in [0, 0.05) is 16.8 Å². The van der Waals surface area contributed by atoms with Crippen LogP contribution >= 0.6 is 11.6 Å². The van der Waals surface area contributed by atoms with Gasteiger partial charge in [0.2, 0.25) is 0 Å². The van der Waals surface area contributed by atoms with Crippen molar-refractivity contribution in [1.29, 1.82) is 0 Å². The first-order valence-electron chi connectivity index (χ1n) is 5.38. The van der Waals surface area contributed by atoms with Gasteiger partial charge in [0.1, 0.15) is 5.69 Å². The maximum absolute atomic E-state index is 11.1. The Labute approximate surface area is 109 Å². The lowest BCUT2D eigenvalue weighted by Gasteiger charge is -2.07. The molecule has 0 spiro atoms. The minimum absolute atomic E-state index is 0.00287. The van der Waals surface area contributed by atoms with Gasteiger partial charge in [-0.2, -0.15) is 5.10 Å². The summed E-state index contributed by atoms with van der Waals surface area (Å²) >= 11 is 6.04. The van der Waals surface area contributed by atoms with Gasteiger partial charge in [-0.25, -0.2) is 4.68 Å². The van der Waals surface area contributed by atoms with Crippen molar-refractivity contribution >= 4 is 17.3 Å². The molecule has 2 rings (SSSR count). The summed E-state index contributed by atoms with van der Waals surface area (Å²) in [5.41, 5.74) is 2.70. The molecule has 1 heterocycles. The molecule has 1 aromatic heterocycles. The zero-order valence-corrected chi connectivity index (χ0v) is 11.0. The molecule has 0 fully saturated rings. The molecule has 0 aliphatic carbocycles. The van der Waals surface area contributed by atoms with Crippen LogP contribution in [-0.2, 0) is 0 Å². The molecule has 2 aromatic rings. The number of nitrogens with zero attached hydrogens (tertiary/aromatic N) is 3. The average molecular weight is 266 g/mol. The van der Waals surface area contributed by atoms with Crippen molar-refractivity contribution in [3.63, 3.8) is 0 Å². The lowest BCUT2D eigenvalue weighted by Crippen LogP contribution is -2.04. The Morgan fingerprint density at radius 2 is 1.94 bits per heavy atom. The largest absolute Gasteiger partial charge is 0.295 e. The molecule has 0 atom stereocenters. The van der Waals surface area contributed by atoms with Gasteiger partial charge in [-0.05, 0) is 38.5 Å². The molecule has 0 unspecified atom stereocenters. The first-order chi connectivity index (χ1) is 8.40. The van der Waals surface area contributed by atoms with Crippen LogP contribution in [0.2, 0.25) is 5.02 Å². The van der Waals surface area contributed by atoms with E-state index in [1.165, 1.54) is 6.07 Å². The molecule has 0 radical (unpaired) electrons. The van der Waals surface area contributed by atoms with Gasteiger partial charge < -0.3 is 0 Å². The number of hydrogen-bond acceptors (Lipinski definition) is 3. The van der Waals surface area contributed by atoms with E-state index >= 15 is 0 Å². The van der Waals surface area contributed by atoms with Crippen LogP contribution in [0, 0.1) is 30.9 Å². The molecule has 0 aliphatic rings. The number of nitro benzene ring substituents is 1. The lowest BCUT2D eigenvalue weighted by molar-refractivity contribution is -0.384. The van der Waals surface area contributed by atoms with Gasteiger partial charge >= 0.3 is 0 Å². The first-order valence-corrected chi connectivity index (χ1v) is 5.76. The van der Waals surface area contributed by atoms with Gasteiger partial charge in [0.15, 0.2) is 0 Å². The molecular weight excluding hydrogens is 254 g/mol. The maximum atomic E-state index is 11.1. The third-order valence-corrected chi connectivity index (χ3v) is 3.10. The van der Waals surface area contributed by atoms with Gasteiger partial charge in [-0.3, -0.25) is 10.1 Å². The van der Waals surface area contributed by atoms with E-state index in [1.54, 1.807) is 17.7 Å². The Bertz CT molecular complexity index is 634. The summed E-state index contributed by atoms with van der Waals surface area (Å²) in [7, 11) is 0. The highest BCUT2D eigenvalue weighted by Gasteiger charge is 2.19. The summed E-state index contributed by atoms with van der Waals surface area (Å²) in [6.45, 7) is 5.42. The molecule has 94 valence electrons. The highest BCUT2D eigenvalue weighted by atomic mass is 35.5. The highest BCUT2D eigenvalue weighted by Crippen LogP contribution is 2.30. The van der Waals surface area contributed by atoms with E-state index in [4.69, 9.17) is 11.6 Å². The topological polar surface area (TPSA) is 61.0 Å². The van der Waals surface area contributed by atoms with E-state index in [0.717, 1.165) is 11.4 Å². The molecular formula is C12H12ClN3O2. The molecule has 6 heteroatoms. The monoisotopic (exact) mass is 265 g/mol. The van der Waals surface area contributed by atoms with Gasteiger partial charge in [0.25, 0.3) is 5.69 Å². The fourth-order valence-electron chi connectivity index (χ4n) is 1.84. The summed E-state index contributed by atoms with van der Waals surface area (Å²) in [4.78, 5) is 10.7. The summed E-state index contributed by atoms with van der Waals surface area (Å²) in [5, 5.41) is 15.8. The first kappa shape index (κ1) is 12.6. The Hall–Kier alpha value is -1.88. The van der Waals surface area contributed by atoms with Crippen molar-refractivity contribution in [2.24, 2.45) is 0 Å². The third-order valence-electron chi connectivity index (χ3n) is 2.69. The number of benzene rings is 1. The Kier molecular flexibility index (Phi) is 3.09. The average Bonchev–Trinajstić information content (AvgIpc) is 2.61. The Balaban J connectivity index is 2.73. The fourth-order valence-corrected chi connectivity index (χ4v) is 2.00. The normalized spacial score (nSPS) is 10.7. The number of aromatic nitrogens is 2. The van der Waals surface area contributed by atoms with Crippen LogP contribution in [0.4, 0.5) is 5.69 Å². The van der Waals surface area contributed by atoms with Crippen molar-refractivity contribution in [2.45, 2.75) is 20.8 Å². The van der Waals surface area contributed by atoms with Crippen LogP contribution in [0.15, 0.2) is 18.2 Å². The van der Waals surface area contributed by atoms with Crippen molar-refractivity contribution in [3.8, 4) is 5.69 Å². The molecule has 0 saturated heterocycles. The molecule has 0 aliphatic heterocycles. The van der Waals surface area contributed by atoms with Crippen LogP contribution in [0.1, 0.15) is 17.0 Å². The fraction of sp³-hybridized carbons (Fsp3) is 0.250. The van der Waals surface area contributed by atoms with E-state index in [0.29, 0.717) is 16.3 Å². The standard InChI is InChI=1S/C12H12ClN3O2/c1-7-4-12(16(17)18)11(6-10(7)13)15-9(3)5-8(2)14-15/h4-6H,1-3H3. The van der Waals surface area contributed by atoms with E-state index < -0.39 is 4.92 Å². The number of nitro groups is 1. The van der Waals surface area contributed by atoms with Crippen molar-refractivity contribution in [3.05, 3.63) is 50.3 Å². The number of rotatable bonds is 2. The molecule has 0 N–H and O–H groups in total. The predicted molar refractivity (Wildman–Crippen MR) is 69.4 cm³/mol. The molecule has 0 saturated carbocycles. The number of halogens is 1. The number of hydrogen-bond donors (Lipinski definition) is 0. The van der Waals surface area contributed by atoms with Crippen LogP contribution in [0.5, 0.6) is 0 Å².